The summed E-state index contributed by atoms with van der Waals surface area (Å²) in [7, 11) is 0. The number of hydroxylamine groups is 1. The van der Waals surface area contributed by atoms with Crippen molar-refractivity contribution in [1.82, 2.24) is 5.48 Å². The van der Waals surface area contributed by atoms with Crippen LogP contribution in [0.3, 0.4) is 0 Å². The van der Waals surface area contributed by atoms with Gasteiger partial charge in [-0.15, -0.1) is 0 Å². The van der Waals surface area contributed by atoms with Crippen molar-refractivity contribution in [3.05, 3.63) is 35.4 Å². The smallest absolute Gasteiger partial charge is 0.289 e. The first-order valence-corrected chi connectivity index (χ1v) is 5.03. The minimum Gasteiger partial charge on any atom is -0.289 e. The van der Waals surface area contributed by atoms with Crippen LogP contribution in [0.4, 0.5) is 13.2 Å². The van der Waals surface area contributed by atoms with Crippen molar-refractivity contribution in [2.24, 2.45) is 0 Å². The fourth-order valence-electron chi connectivity index (χ4n) is 1.51. The van der Waals surface area contributed by atoms with E-state index in [1.807, 2.05) is 0 Å². The van der Waals surface area contributed by atoms with Crippen molar-refractivity contribution in [2.75, 3.05) is 0 Å². The first kappa shape index (κ1) is 13.5. The Morgan fingerprint density at radius 2 is 1.94 bits per heavy atom. The normalized spacial score (nSPS) is 11.3. The Morgan fingerprint density at radius 3 is 2.53 bits per heavy atom. The molecule has 0 saturated heterocycles. The number of hydrogen-bond acceptors (Lipinski definition) is 2. The van der Waals surface area contributed by atoms with E-state index in [1.165, 1.54) is 23.7 Å². The highest BCUT2D eigenvalue weighted by Gasteiger charge is 2.32. The second kappa shape index (κ2) is 5.67. The summed E-state index contributed by atoms with van der Waals surface area (Å²) in [5.41, 5.74) is 0.917. The highest BCUT2D eigenvalue weighted by atomic mass is 19.4. The molecule has 0 aromatic heterocycles. The van der Waals surface area contributed by atoms with E-state index < -0.39 is 17.6 Å². The Bertz CT molecular complexity index is 391. The number of amides is 1. The summed E-state index contributed by atoms with van der Waals surface area (Å²) in [6.07, 6.45) is -4.00. The fourth-order valence-corrected chi connectivity index (χ4v) is 1.51. The average molecular weight is 247 g/mol. The Labute approximate surface area is 96.2 Å². The lowest BCUT2D eigenvalue weighted by atomic mass is 10.0. The molecule has 0 fully saturated rings. The van der Waals surface area contributed by atoms with Gasteiger partial charge in [0.1, 0.15) is 0 Å². The Morgan fingerprint density at radius 1 is 1.29 bits per heavy atom. The minimum atomic E-state index is -4.38. The molecule has 3 nitrogen and oxygen atoms in total. The summed E-state index contributed by atoms with van der Waals surface area (Å²) in [5.74, 6) is -0.602. The zero-order valence-corrected chi connectivity index (χ0v) is 8.92. The van der Waals surface area contributed by atoms with Gasteiger partial charge in [0, 0.05) is 6.42 Å². The van der Waals surface area contributed by atoms with Gasteiger partial charge in [0.05, 0.1) is 5.56 Å². The van der Waals surface area contributed by atoms with Crippen LogP contribution in [0.2, 0.25) is 0 Å². The largest absolute Gasteiger partial charge is 0.416 e. The molecule has 6 heteroatoms. The number of halogens is 3. The molecule has 0 aliphatic heterocycles. The van der Waals surface area contributed by atoms with Gasteiger partial charge in [-0.3, -0.25) is 10.0 Å². The van der Waals surface area contributed by atoms with Crippen LogP contribution in [0.5, 0.6) is 0 Å². The molecule has 0 aliphatic rings. The molecule has 0 atom stereocenters. The maximum atomic E-state index is 12.6. The van der Waals surface area contributed by atoms with Gasteiger partial charge in [-0.05, 0) is 24.5 Å². The molecule has 1 aromatic rings. The highest BCUT2D eigenvalue weighted by Crippen LogP contribution is 2.32. The van der Waals surface area contributed by atoms with E-state index >= 15 is 0 Å². The lowest BCUT2D eigenvalue weighted by Gasteiger charge is -2.12. The van der Waals surface area contributed by atoms with Crippen LogP contribution in [0.15, 0.2) is 24.3 Å². The highest BCUT2D eigenvalue weighted by molar-refractivity contribution is 5.74. The van der Waals surface area contributed by atoms with Crippen LogP contribution in [-0.2, 0) is 17.4 Å². The van der Waals surface area contributed by atoms with Crippen LogP contribution in [0.1, 0.15) is 24.0 Å². The molecule has 0 aliphatic carbocycles. The molecule has 1 amide bonds. The second-order valence-electron chi connectivity index (χ2n) is 3.54. The van der Waals surface area contributed by atoms with Crippen molar-refractivity contribution < 1.29 is 23.2 Å². The van der Waals surface area contributed by atoms with Gasteiger partial charge in [-0.2, -0.15) is 13.2 Å². The topological polar surface area (TPSA) is 49.3 Å². The molecule has 0 radical (unpaired) electrons. The average Bonchev–Trinajstić information content (AvgIpc) is 2.28. The first-order valence-electron chi connectivity index (χ1n) is 5.03. The number of alkyl halides is 3. The van der Waals surface area contributed by atoms with Crippen molar-refractivity contribution in [1.29, 1.82) is 0 Å². The third kappa shape index (κ3) is 4.07. The van der Waals surface area contributed by atoms with E-state index in [0.29, 0.717) is 0 Å². The molecule has 17 heavy (non-hydrogen) atoms. The van der Waals surface area contributed by atoms with Crippen LogP contribution >= 0.6 is 0 Å². The van der Waals surface area contributed by atoms with Crippen molar-refractivity contribution in [3.8, 4) is 0 Å². The van der Waals surface area contributed by atoms with Gasteiger partial charge < -0.3 is 0 Å². The molecular weight excluding hydrogens is 235 g/mol. The van der Waals surface area contributed by atoms with E-state index in [1.54, 1.807) is 0 Å². The van der Waals surface area contributed by atoms with Crippen LogP contribution in [0, 0.1) is 0 Å². The van der Waals surface area contributed by atoms with E-state index in [4.69, 9.17) is 5.21 Å². The maximum absolute atomic E-state index is 12.6. The number of carbonyl (C=O) groups is 1. The van der Waals surface area contributed by atoms with Crippen LogP contribution in [0.25, 0.3) is 0 Å². The lowest BCUT2D eigenvalue weighted by molar-refractivity contribution is -0.138. The van der Waals surface area contributed by atoms with Crippen molar-refractivity contribution >= 4 is 5.91 Å². The van der Waals surface area contributed by atoms with E-state index in [9.17, 15) is 18.0 Å². The third-order valence-electron chi connectivity index (χ3n) is 2.30. The zero-order valence-electron chi connectivity index (χ0n) is 8.92. The Balaban J connectivity index is 2.68. The summed E-state index contributed by atoms with van der Waals surface area (Å²) in [6, 6.07) is 5.25. The predicted octanol–water partition coefficient (Wildman–Crippen LogP) is 2.53. The third-order valence-corrected chi connectivity index (χ3v) is 2.30. The lowest BCUT2D eigenvalue weighted by Crippen LogP contribution is -2.18. The Hall–Kier alpha value is -1.56. The molecule has 2 N–H and O–H groups in total. The van der Waals surface area contributed by atoms with Crippen LogP contribution < -0.4 is 5.48 Å². The molecule has 1 rings (SSSR count). The molecule has 0 unspecified atom stereocenters. The molecule has 0 saturated carbocycles. The number of rotatable bonds is 4. The molecule has 0 bridgehead atoms. The van der Waals surface area contributed by atoms with Gasteiger partial charge in [0.25, 0.3) is 0 Å². The van der Waals surface area contributed by atoms with E-state index in [0.717, 1.165) is 6.07 Å². The summed E-state index contributed by atoms with van der Waals surface area (Å²) in [4.78, 5) is 10.7. The van der Waals surface area contributed by atoms with Gasteiger partial charge >= 0.3 is 6.18 Å². The molecule has 0 spiro atoms. The number of nitrogens with one attached hydrogen (secondary N) is 1. The van der Waals surface area contributed by atoms with Gasteiger partial charge in [-0.1, -0.05) is 18.2 Å². The second-order valence-corrected chi connectivity index (χ2v) is 3.54. The minimum absolute atomic E-state index is 0.0112. The summed E-state index contributed by atoms with van der Waals surface area (Å²) < 4.78 is 37.7. The SMILES string of the molecule is O=C(CCCc1ccccc1C(F)(F)F)NO. The number of aryl methyl sites for hydroxylation is 1. The molecule has 94 valence electrons. The number of benzene rings is 1. The standard InChI is InChI=1S/C11H12F3NO2/c12-11(13,14)9-6-2-1-4-8(9)5-3-7-10(16)15-17/h1-2,4,6,17H,3,5,7H2,(H,15,16). The zero-order chi connectivity index (χ0) is 12.9. The fraction of sp³-hybridized carbons (Fsp3) is 0.364. The Kier molecular flexibility index (Phi) is 4.51. The predicted molar refractivity (Wildman–Crippen MR) is 54.3 cm³/mol. The van der Waals surface area contributed by atoms with Gasteiger partial charge in [0.15, 0.2) is 0 Å². The molecule has 0 heterocycles. The molecule has 1 aromatic carbocycles. The molecular formula is C11H12F3NO2. The first-order chi connectivity index (χ1) is 7.95. The maximum Gasteiger partial charge on any atom is 0.416 e. The summed E-state index contributed by atoms with van der Waals surface area (Å²) in [6.45, 7) is 0. The summed E-state index contributed by atoms with van der Waals surface area (Å²) in [5, 5.41) is 8.24. The van der Waals surface area contributed by atoms with E-state index in [2.05, 4.69) is 0 Å². The quantitative estimate of drug-likeness (QED) is 0.634. The van der Waals surface area contributed by atoms with E-state index in [-0.39, 0.29) is 24.8 Å². The van der Waals surface area contributed by atoms with Crippen molar-refractivity contribution in [3.63, 3.8) is 0 Å². The van der Waals surface area contributed by atoms with Gasteiger partial charge in [0.2, 0.25) is 5.91 Å². The van der Waals surface area contributed by atoms with Crippen molar-refractivity contribution in [2.45, 2.75) is 25.4 Å². The monoisotopic (exact) mass is 247 g/mol. The number of hydrogen-bond donors (Lipinski definition) is 2. The summed E-state index contributed by atoms with van der Waals surface area (Å²) >= 11 is 0. The van der Waals surface area contributed by atoms with Crippen LogP contribution in [-0.4, -0.2) is 11.1 Å². The van der Waals surface area contributed by atoms with Gasteiger partial charge in [-0.25, -0.2) is 5.48 Å². The number of carbonyl (C=O) groups excluding carboxylic acids is 1.